The van der Waals surface area contributed by atoms with Crippen LogP contribution in [0.2, 0.25) is 0 Å². The molecule has 0 bridgehead atoms. The normalized spacial score (nSPS) is 31.0. The lowest BCUT2D eigenvalue weighted by molar-refractivity contribution is 0.241. The van der Waals surface area contributed by atoms with E-state index in [0.717, 1.165) is 12.8 Å². The van der Waals surface area contributed by atoms with Gasteiger partial charge >= 0.3 is 0 Å². The van der Waals surface area contributed by atoms with Gasteiger partial charge in [0, 0.05) is 6.42 Å². The van der Waals surface area contributed by atoms with E-state index < -0.39 is 0 Å². The maximum atomic E-state index is 8.65. The number of aliphatic hydroxyl groups is 1. The van der Waals surface area contributed by atoms with E-state index in [9.17, 15) is 0 Å². The Morgan fingerprint density at radius 1 is 1.64 bits per heavy atom. The zero-order chi connectivity index (χ0) is 8.27. The molecule has 0 spiro atoms. The molecule has 2 nitrogen and oxygen atoms in total. The van der Waals surface area contributed by atoms with Crippen molar-refractivity contribution in [3.63, 3.8) is 0 Å². The highest BCUT2D eigenvalue weighted by molar-refractivity contribution is 4.90. The lowest BCUT2D eigenvalue weighted by Gasteiger charge is -2.02. The first-order chi connectivity index (χ1) is 5.27. The van der Waals surface area contributed by atoms with Gasteiger partial charge in [0.1, 0.15) is 6.10 Å². The predicted molar refractivity (Wildman–Crippen MR) is 43.0 cm³/mol. The van der Waals surface area contributed by atoms with E-state index >= 15 is 0 Å². The van der Waals surface area contributed by atoms with Crippen LogP contribution >= 0.6 is 0 Å². The van der Waals surface area contributed by atoms with Gasteiger partial charge in [-0.25, -0.2) is 0 Å². The Morgan fingerprint density at radius 2 is 2.36 bits per heavy atom. The molecular formula is C9H14O2. The Bertz CT molecular complexity index is 159. The van der Waals surface area contributed by atoms with Gasteiger partial charge in [-0.3, -0.25) is 0 Å². The highest BCUT2D eigenvalue weighted by Crippen LogP contribution is 2.28. The second kappa shape index (κ2) is 3.75. The number of terminal acetylenes is 1. The van der Waals surface area contributed by atoms with Crippen molar-refractivity contribution in [2.45, 2.75) is 32.0 Å². The number of rotatable bonds is 4. The number of epoxide rings is 1. The molecule has 62 valence electrons. The highest BCUT2D eigenvalue weighted by atomic mass is 16.6. The number of ether oxygens (including phenoxy) is 1. The van der Waals surface area contributed by atoms with E-state index in [0.29, 0.717) is 5.92 Å². The lowest BCUT2D eigenvalue weighted by Crippen LogP contribution is -2.04. The van der Waals surface area contributed by atoms with Gasteiger partial charge in [0.15, 0.2) is 0 Å². The van der Waals surface area contributed by atoms with Gasteiger partial charge in [-0.2, -0.15) is 0 Å². The quantitative estimate of drug-likeness (QED) is 0.480. The molecule has 1 heterocycles. The van der Waals surface area contributed by atoms with Gasteiger partial charge in [-0.05, 0) is 12.3 Å². The predicted octanol–water partition coefficient (Wildman–Crippen LogP) is 0.796. The smallest absolute Gasteiger partial charge is 0.107 e. The van der Waals surface area contributed by atoms with Gasteiger partial charge < -0.3 is 9.84 Å². The molecular weight excluding hydrogens is 140 g/mol. The van der Waals surface area contributed by atoms with Crippen LogP contribution in [0.4, 0.5) is 0 Å². The highest BCUT2D eigenvalue weighted by Gasteiger charge is 2.38. The summed E-state index contributed by atoms with van der Waals surface area (Å²) < 4.78 is 5.16. The van der Waals surface area contributed by atoms with Crippen molar-refractivity contribution in [3.05, 3.63) is 0 Å². The molecule has 1 N–H and O–H groups in total. The first-order valence-electron chi connectivity index (χ1n) is 3.97. The standard InChI is InChI=1S/C9H14O2/c1-3-4-7(2)5-8-9(6-10)11-8/h1,7-10H,4-6H2,2H3/t7?,8-,9?/m0/s1. The molecule has 0 aromatic carbocycles. The molecule has 0 radical (unpaired) electrons. The van der Waals surface area contributed by atoms with Crippen molar-refractivity contribution in [1.82, 2.24) is 0 Å². The van der Waals surface area contributed by atoms with Crippen LogP contribution < -0.4 is 0 Å². The molecule has 1 rings (SSSR count). The molecule has 1 aliphatic rings. The third-order valence-electron chi connectivity index (χ3n) is 1.97. The zero-order valence-corrected chi connectivity index (χ0v) is 6.79. The minimum atomic E-state index is 0.0928. The van der Waals surface area contributed by atoms with E-state index in [2.05, 4.69) is 12.8 Å². The average Bonchev–Trinajstić information content (AvgIpc) is 2.68. The van der Waals surface area contributed by atoms with Crippen molar-refractivity contribution in [3.8, 4) is 12.3 Å². The monoisotopic (exact) mass is 154 g/mol. The third kappa shape index (κ3) is 2.53. The second-order valence-corrected chi connectivity index (χ2v) is 3.14. The van der Waals surface area contributed by atoms with E-state index in [1.807, 2.05) is 0 Å². The summed E-state index contributed by atoms with van der Waals surface area (Å²) in [6, 6.07) is 0. The summed E-state index contributed by atoms with van der Waals surface area (Å²) in [7, 11) is 0. The van der Waals surface area contributed by atoms with E-state index in [4.69, 9.17) is 16.3 Å². The molecule has 11 heavy (non-hydrogen) atoms. The van der Waals surface area contributed by atoms with Gasteiger partial charge in [-0.1, -0.05) is 6.92 Å². The van der Waals surface area contributed by atoms with Gasteiger partial charge in [0.25, 0.3) is 0 Å². The van der Waals surface area contributed by atoms with Crippen molar-refractivity contribution >= 4 is 0 Å². The minimum Gasteiger partial charge on any atom is -0.394 e. The van der Waals surface area contributed by atoms with Crippen molar-refractivity contribution in [1.29, 1.82) is 0 Å². The Balaban J connectivity index is 2.09. The Morgan fingerprint density at radius 3 is 2.82 bits per heavy atom. The lowest BCUT2D eigenvalue weighted by atomic mass is 10.0. The molecule has 1 aliphatic heterocycles. The van der Waals surface area contributed by atoms with Crippen molar-refractivity contribution in [2.24, 2.45) is 5.92 Å². The first kappa shape index (κ1) is 8.58. The van der Waals surface area contributed by atoms with Gasteiger partial charge in [0.2, 0.25) is 0 Å². The molecule has 3 atom stereocenters. The van der Waals surface area contributed by atoms with Crippen LogP contribution in [-0.2, 0) is 4.74 Å². The van der Waals surface area contributed by atoms with Crippen LogP contribution in [0.25, 0.3) is 0 Å². The Kier molecular flexibility index (Phi) is 2.92. The molecule has 0 aromatic heterocycles. The van der Waals surface area contributed by atoms with Crippen LogP contribution in [-0.4, -0.2) is 23.9 Å². The number of hydrogen-bond acceptors (Lipinski definition) is 2. The maximum Gasteiger partial charge on any atom is 0.107 e. The van der Waals surface area contributed by atoms with Crippen LogP contribution in [0.5, 0.6) is 0 Å². The molecule has 0 amide bonds. The second-order valence-electron chi connectivity index (χ2n) is 3.14. The molecule has 1 fully saturated rings. The van der Waals surface area contributed by atoms with Crippen LogP contribution in [0.3, 0.4) is 0 Å². The summed E-state index contributed by atoms with van der Waals surface area (Å²) in [5.41, 5.74) is 0. The number of hydrogen-bond donors (Lipinski definition) is 1. The Hall–Kier alpha value is -0.520. The van der Waals surface area contributed by atoms with Crippen LogP contribution in [0, 0.1) is 18.3 Å². The number of aliphatic hydroxyl groups excluding tert-OH is 1. The Labute approximate surface area is 67.6 Å². The van der Waals surface area contributed by atoms with E-state index in [-0.39, 0.29) is 18.8 Å². The van der Waals surface area contributed by atoms with Gasteiger partial charge in [0.05, 0.1) is 12.7 Å². The topological polar surface area (TPSA) is 32.8 Å². The summed E-state index contributed by atoms with van der Waals surface area (Å²) in [4.78, 5) is 0. The molecule has 2 heteroatoms. The van der Waals surface area contributed by atoms with Crippen LogP contribution in [0.1, 0.15) is 19.8 Å². The fraction of sp³-hybridized carbons (Fsp3) is 0.778. The minimum absolute atomic E-state index is 0.0928. The summed E-state index contributed by atoms with van der Waals surface area (Å²) in [5, 5.41) is 8.65. The average molecular weight is 154 g/mol. The molecule has 0 aromatic rings. The van der Waals surface area contributed by atoms with E-state index in [1.165, 1.54) is 0 Å². The molecule has 1 saturated heterocycles. The summed E-state index contributed by atoms with van der Waals surface area (Å²) >= 11 is 0. The largest absolute Gasteiger partial charge is 0.394 e. The van der Waals surface area contributed by atoms with Crippen LogP contribution in [0.15, 0.2) is 0 Å². The third-order valence-corrected chi connectivity index (χ3v) is 1.97. The molecule has 0 aliphatic carbocycles. The zero-order valence-electron chi connectivity index (χ0n) is 6.79. The van der Waals surface area contributed by atoms with E-state index in [1.54, 1.807) is 0 Å². The first-order valence-corrected chi connectivity index (χ1v) is 3.97. The maximum absolute atomic E-state index is 8.65. The SMILES string of the molecule is C#CCC(C)C[C@@H]1OC1CO. The fourth-order valence-corrected chi connectivity index (χ4v) is 1.23. The molecule has 0 saturated carbocycles. The fourth-order valence-electron chi connectivity index (χ4n) is 1.23. The summed E-state index contributed by atoms with van der Waals surface area (Å²) in [6.07, 6.45) is 7.30. The van der Waals surface area contributed by atoms with Crippen molar-refractivity contribution < 1.29 is 9.84 Å². The molecule has 2 unspecified atom stereocenters. The summed E-state index contributed by atoms with van der Waals surface area (Å²) in [6.45, 7) is 2.25. The summed E-state index contributed by atoms with van der Waals surface area (Å²) in [5.74, 6) is 3.13. The van der Waals surface area contributed by atoms with Gasteiger partial charge in [-0.15, -0.1) is 12.3 Å². The van der Waals surface area contributed by atoms with Crippen molar-refractivity contribution in [2.75, 3.05) is 6.61 Å².